The lowest BCUT2D eigenvalue weighted by Gasteiger charge is -2.23. The molecule has 0 bridgehead atoms. The van der Waals surface area contributed by atoms with Crippen LogP contribution in [0.15, 0.2) is 17.5 Å². The fraction of sp³-hybridized carbons (Fsp3) is 0.643. The monoisotopic (exact) mass is 330 g/mol. The molecule has 0 aromatic carbocycles. The van der Waals surface area contributed by atoms with Crippen molar-refractivity contribution < 1.29 is 13.2 Å². The van der Waals surface area contributed by atoms with Gasteiger partial charge in [-0.3, -0.25) is 10.1 Å². The van der Waals surface area contributed by atoms with Crippen molar-refractivity contribution in [2.75, 3.05) is 18.6 Å². The van der Waals surface area contributed by atoms with E-state index in [0.29, 0.717) is 13.0 Å². The summed E-state index contributed by atoms with van der Waals surface area (Å²) >= 11 is 1.60. The number of nitrogens with zero attached hydrogens (tertiary/aromatic N) is 1. The maximum Gasteiger partial charge on any atom is 0.241 e. The van der Waals surface area contributed by atoms with Crippen LogP contribution in [-0.4, -0.2) is 43.8 Å². The SMILES string of the molecule is CC(C)C1NC(c2cccs2)N(CCCS(C)(=O)=O)C1=O. The van der Waals surface area contributed by atoms with Crippen LogP contribution in [0.4, 0.5) is 0 Å². The Kier molecular flexibility index (Phi) is 5.06. The Hall–Kier alpha value is -0.920. The van der Waals surface area contributed by atoms with Crippen LogP contribution in [0.1, 0.15) is 31.3 Å². The Bertz CT molecular complexity index is 581. The van der Waals surface area contributed by atoms with Crippen molar-refractivity contribution in [3.8, 4) is 0 Å². The second kappa shape index (κ2) is 6.46. The summed E-state index contributed by atoms with van der Waals surface area (Å²) < 4.78 is 22.5. The molecule has 1 aliphatic heterocycles. The fourth-order valence-corrected chi connectivity index (χ4v) is 3.98. The maximum atomic E-state index is 12.5. The predicted molar refractivity (Wildman–Crippen MR) is 84.9 cm³/mol. The summed E-state index contributed by atoms with van der Waals surface area (Å²) in [6, 6.07) is 3.76. The zero-order valence-electron chi connectivity index (χ0n) is 12.6. The van der Waals surface area contributed by atoms with Crippen LogP contribution < -0.4 is 5.32 Å². The molecule has 1 aromatic heterocycles. The second-order valence-electron chi connectivity index (χ2n) is 5.82. The first-order valence-corrected chi connectivity index (χ1v) is 10.0. The summed E-state index contributed by atoms with van der Waals surface area (Å²) in [6.45, 7) is 4.49. The fourth-order valence-electron chi connectivity index (χ4n) is 2.53. The summed E-state index contributed by atoms with van der Waals surface area (Å²) in [5, 5.41) is 5.36. The number of rotatable bonds is 6. The smallest absolute Gasteiger partial charge is 0.241 e. The van der Waals surface area contributed by atoms with Crippen LogP contribution in [0.5, 0.6) is 0 Å². The number of sulfone groups is 1. The Morgan fingerprint density at radius 2 is 2.14 bits per heavy atom. The quantitative estimate of drug-likeness (QED) is 0.861. The van der Waals surface area contributed by atoms with Crippen LogP contribution >= 0.6 is 11.3 Å². The highest BCUT2D eigenvalue weighted by Crippen LogP contribution is 2.30. The summed E-state index contributed by atoms with van der Waals surface area (Å²) in [5.41, 5.74) is 0. The van der Waals surface area contributed by atoms with Crippen molar-refractivity contribution in [2.45, 2.75) is 32.5 Å². The Balaban J connectivity index is 2.12. The Morgan fingerprint density at radius 3 is 2.67 bits per heavy atom. The lowest BCUT2D eigenvalue weighted by Crippen LogP contribution is -2.35. The van der Waals surface area contributed by atoms with Crippen LogP contribution in [0.3, 0.4) is 0 Å². The predicted octanol–water partition coefficient (Wildman–Crippen LogP) is 1.64. The molecule has 2 heterocycles. The highest BCUT2D eigenvalue weighted by Gasteiger charge is 2.41. The van der Waals surface area contributed by atoms with Crippen molar-refractivity contribution in [3.05, 3.63) is 22.4 Å². The number of hydrogen-bond donors (Lipinski definition) is 1. The minimum atomic E-state index is -2.99. The average Bonchev–Trinajstić information content (AvgIpc) is 2.96. The molecule has 0 aliphatic carbocycles. The molecule has 1 saturated heterocycles. The van der Waals surface area contributed by atoms with Gasteiger partial charge in [0.2, 0.25) is 5.91 Å². The van der Waals surface area contributed by atoms with Gasteiger partial charge < -0.3 is 4.90 Å². The van der Waals surface area contributed by atoms with Gasteiger partial charge in [0.25, 0.3) is 0 Å². The second-order valence-corrected chi connectivity index (χ2v) is 9.06. The van der Waals surface area contributed by atoms with Crippen molar-refractivity contribution in [2.24, 2.45) is 5.92 Å². The Morgan fingerprint density at radius 1 is 1.43 bits per heavy atom. The van der Waals surface area contributed by atoms with E-state index in [2.05, 4.69) is 5.32 Å². The molecule has 21 heavy (non-hydrogen) atoms. The third kappa shape index (κ3) is 4.05. The van der Waals surface area contributed by atoms with E-state index >= 15 is 0 Å². The third-order valence-electron chi connectivity index (χ3n) is 3.59. The molecule has 0 saturated carbocycles. The minimum absolute atomic E-state index is 0.0666. The molecular weight excluding hydrogens is 308 g/mol. The first-order valence-electron chi connectivity index (χ1n) is 7.07. The highest BCUT2D eigenvalue weighted by atomic mass is 32.2. The summed E-state index contributed by atoms with van der Waals surface area (Å²) in [6.07, 6.45) is 1.56. The van der Waals surface area contributed by atoms with Crippen molar-refractivity contribution in [3.63, 3.8) is 0 Å². The van der Waals surface area contributed by atoms with Gasteiger partial charge in [0.1, 0.15) is 16.0 Å². The van der Waals surface area contributed by atoms with Gasteiger partial charge in [0.15, 0.2) is 0 Å². The summed E-state index contributed by atoms with van der Waals surface area (Å²) in [7, 11) is -2.99. The standard InChI is InChI=1S/C14H22N2O3S2/c1-10(2)12-14(17)16(7-5-9-21(3,18)19)13(15-12)11-6-4-8-20-11/h4,6,8,10,12-13,15H,5,7,9H2,1-3H3. The molecule has 1 aromatic rings. The van der Waals surface area contributed by atoms with E-state index in [1.165, 1.54) is 6.26 Å². The molecule has 1 amide bonds. The van der Waals surface area contributed by atoms with Crippen LogP contribution in [0, 0.1) is 5.92 Å². The van der Waals surface area contributed by atoms with Gasteiger partial charge in [-0.1, -0.05) is 19.9 Å². The van der Waals surface area contributed by atoms with Crippen LogP contribution in [0.2, 0.25) is 0 Å². The van der Waals surface area contributed by atoms with Gasteiger partial charge in [-0.15, -0.1) is 11.3 Å². The topological polar surface area (TPSA) is 66.5 Å². The highest BCUT2D eigenvalue weighted by molar-refractivity contribution is 7.90. The van der Waals surface area contributed by atoms with E-state index in [9.17, 15) is 13.2 Å². The maximum absolute atomic E-state index is 12.5. The molecular formula is C14H22N2O3S2. The molecule has 2 unspecified atom stereocenters. The zero-order chi connectivity index (χ0) is 15.6. The van der Waals surface area contributed by atoms with E-state index in [4.69, 9.17) is 0 Å². The van der Waals surface area contributed by atoms with Gasteiger partial charge in [0.05, 0.1) is 11.8 Å². The number of carbonyl (C=O) groups excluding carboxylic acids is 1. The first kappa shape index (κ1) is 16.5. The average molecular weight is 330 g/mol. The lowest BCUT2D eigenvalue weighted by atomic mass is 10.1. The van der Waals surface area contributed by atoms with Crippen molar-refractivity contribution in [1.29, 1.82) is 0 Å². The molecule has 1 aliphatic rings. The molecule has 0 radical (unpaired) electrons. The van der Waals surface area contributed by atoms with Gasteiger partial charge >= 0.3 is 0 Å². The number of amides is 1. The van der Waals surface area contributed by atoms with E-state index in [1.807, 2.05) is 31.4 Å². The molecule has 2 rings (SSSR count). The summed E-state index contributed by atoms with van der Waals surface area (Å²) in [5.74, 6) is 0.386. The minimum Gasteiger partial charge on any atom is -0.321 e. The van der Waals surface area contributed by atoms with Gasteiger partial charge in [-0.05, 0) is 23.8 Å². The molecule has 1 N–H and O–H groups in total. The van der Waals surface area contributed by atoms with E-state index in [-0.39, 0.29) is 29.8 Å². The summed E-state index contributed by atoms with van der Waals surface area (Å²) in [4.78, 5) is 15.4. The normalized spacial score (nSPS) is 23.2. The van der Waals surface area contributed by atoms with E-state index in [0.717, 1.165) is 4.88 Å². The van der Waals surface area contributed by atoms with Gasteiger partial charge in [-0.2, -0.15) is 0 Å². The molecule has 7 heteroatoms. The molecule has 5 nitrogen and oxygen atoms in total. The van der Waals surface area contributed by atoms with Crippen molar-refractivity contribution >= 4 is 27.1 Å². The number of hydrogen-bond acceptors (Lipinski definition) is 5. The van der Waals surface area contributed by atoms with E-state index in [1.54, 1.807) is 16.2 Å². The van der Waals surface area contributed by atoms with Gasteiger partial charge in [-0.25, -0.2) is 8.42 Å². The first-order chi connectivity index (χ1) is 9.79. The van der Waals surface area contributed by atoms with Crippen LogP contribution in [-0.2, 0) is 14.6 Å². The molecule has 1 fully saturated rings. The number of nitrogens with one attached hydrogen (secondary N) is 1. The van der Waals surface area contributed by atoms with Gasteiger partial charge in [0, 0.05) is 17.7 Å². The largest absolute Gasteiger partial charge is 0.321 e. The lowest BCUT2D eigenvalue weighted by molar-refractivity contribution is -0.130. The third-order valence-corrected chi connectivity index (χ3v) is 5.55. The number of thiophene rings is 1. The molecule has 2 atom stereocenters. The van der Waals surface area contributed by atoms with E-state index < -0.39 is 9.84 Å². The molecule has 0 spiro atoms. The van der Waals surface area contributed by atoms with Crippen LogP contribution in [0.25, 0.3) is 0 Å². The number of carbonyl (C=O) groups is 1. The van der Waals surface area contributed by atoms with Crippen molar-refractivity contribution in [1.82, 2.24) is 10.2 Å². The Labute approximate surface area is 130 Å². The molecule has 118 valence electrons. The zero-order valence-corrected chi connectivity index (χ0v) is 14.2.